The molecule has 2 saturated carbocycles. The van der Waals surface area contributed by atoms with Crippen molar-refractivity contribution in [2.75, 3.05) is 26.8 Å². The molecule has 3 fully saturated rings. The third kappa shape index (κ3) is 3.77. The van der Waals surface area contributed by atoms with E-state index in [0.29, 0.717) is 12.0 Å². The van der Waals surface area contributed by atoms with Crippen LogP contribution < -0.4 is 0 Å². The highest BCUT2D eigenvalue weighted by molar-refractivity contribution is 5.12. The lowest BCUT2D eigenvalue weighted by Crippen LogP contribution is -2.30. The van der Waals surface area contributed by atoms with Crippen molar-refractivity contribution in [2.45, 2.75) is 69.9 Å². The molecule has 2 heterocycles. The van der Waals surface area contributed by atoms with Gasteiger partial charge in [0.15, 0.2) is 0 Å². The third-order valence-corrected chi connectivity index (χ3v) is 5.60. The van der Waals surface area contributed by atoms with Gasteiger partial charge in [-0.2, -0.15) is 0 Å². The van der Waals surface area contributed by atoms with Crippen LogP contribution >= 0.6 is 0 Å². The van der Waals surface area contributed by atoms with E-state index in [-0.39, 0.29) is 0 Å². The zero-order valence-electron chi connectivity index (χ0n) is 14.4. The zero-order valence-corrected chi connectivity index (χ0v) is 14.4. The van der Waals surface area contributed by atoms with Crippen LogP contribution in [0.1, 0.15) is 75.0 Å². The van der Waals surface area contributed by atoms with Crippen molar-refractivity contribution in [2.24, 2.45) is 5.92 Å². The zero-order chi connectivity index (χ0) is 15.6. The Morgan fingerprint density at radius 2 is 1.96 bits per heavy atom. The van der Waals surface area contributed by atoms with Crippen molar-refractivity contribution >= 4 is 0 Å². The van der Waals surface area contributed by atoms with Crippen LogP contribution in [0.25, 0.3) is 0 Å². The fraction of sp³-hybridized carbons (Fsp3) is 0.889. The topological polar surface area (TPSA) is 43.2 Å². The summed E-state index contributed by atoms with van der Waals surface area (Å²) >= 11 is 0. The number of nitrogens with zero attached hydrogens (tertiary/aromatic N) is 4. The Morgan fingerprint density at radius 3 is 2.70 bits per heavy atom. The predicted molar refractivity (Wildman–Crippen MR) is 89.4 cm³/mol. The van der Waals surface area contributed by atoms with Crippen LogP contribution in [-0.2, 0) is 11.3 Å². The quantitative estimate of drug-likeness (QED) is 0.775. The monoisotopic (exact) mass is 318 g/mol. The molecule has 0 spiro atoms. The van der Waals surface area contributed by atoms with Gasteiger partial charge in [0.25, 0.3) is 0 Å². The molecule has 2 aliphatic carbocycles. The molecule has 1 aliphatic heterocycles. The number of hydrogen-bond acceptors (Lipinski definition) is 4. The number of rotatable bonds is 7. The summed E-state index contributed by atoms with van der Waals surface area (Å²) in [6, 6.07) is 0.701. The second-order valence-electron chi connectivity index (χ2n) is 7.73. The van der Waals surface area contributed by atoms with Crippen molar-refractivity contribution in [3.8, 4) is 0 Å². The summed E-state index contributed by atoms with van der Waals surface area (Å²) in [4.78, 5) is 2.62. The molecular formula is C18H30N4O. The molecule has 128 valence electrons. The molecule has 3 aliphatic rings. The van der Waals surface area contributed by atoms with Crippen molar-refractivity contribution in [3.05, 3.63) is 11.6 Å². The lowest BCUT2D eigenvalue weighted by atomic mass is 10.0. The molecule has 23 heavy (non-hydrogen) atoms. The van der Waals surface area contributed by atoms with Gasteiger partial charge in [0.2, 0.25) is 0 Å². The molecule has 0 aromatic carbocycles. The molecule has 1 aromatic rings. The first-order chi connectivity index (χ1) is 11.3. The third-order valence-electron chi connectivity index (χ3n) is 5.60. The average Bonchev–Trinajstić information content (AvgIpc) is 3.45. The Balaban J connectivity index is 1.44. The minimum atomic E-state index is 0.701. The lowest BCUT2D eigenvalue weighted by molar-refractivity contribution is 0.157. The molecule has 1 aromatic heterocycles. The van der Waals surface area contributed by atoms with Gasteiger partial charge in [0.05, 0.1) is 6.54 Å². The SMILES string of the molecule is COCCC1CCCCN(Cc2nnc(C3CC3)n2C2CC2)C1. The van der Waals surface area contributed by atoms with Crippen LogP contribution in [0.5, 0.6) is 0 Å². The summed E-state index contributed by atoms with van der Waals surface area (Å²) in [7, 11) is 1.81. The highest BCUT2D eigenvalue weighted by Crippen LogP contribution is 2.44. The van der Waals surface area contributed by atoms with E-state index in [2.05, 4.69) is 19.7 Å². The summed E-state index contributed by atoms with van der Waals surface area (Å²) < 4.78 is 7.80. The van der Waals surface area contributed by atoms with E-state index in [9.17, 15) is 0 Å². The van der Waals surface area contributed by atoms with Gasteiger partial charge in [-0.1, -0.05) is 6.42 Å². The van der Waals surface area contributed by atoms with Crippen molar-refractivity contribution in [1.82, 2.24) is 19.7 Å². The van der Waals surface area contributed by atoms with Crippen LogP contribution in [0.2, 0.25) is 0 Å². The number of likely N-dealkylation sites (tertiary alicyclic amines) is 1. The second-order valence-corrected chi connectivity index (χ2v) is 7.73. The largest absolute Gasteiger partial charge is 0.385 e. The van der Waals surface area contributed by atoms with Crippen molar-refractivity contribution in [3.63, 3.8) is 0 Å². The fourth-order valence-corrected chi connectivity index (χ4v) is 3.98. The van der Waals surface area contributed by atoms with Gasteiger partial charge in [-0.05, 0) is 57.4 Å². The Morgan fingerprint density at radius 1 is 1.09 bits per heavy atom. The molecule has 1 saturated heterocycles. The smallest absolute Gasteiger partial charge is 0.147 e. The van der Waals surface area contributed by atoms with Crippen LogP contribution in [0.4, 0.5) is 0 Å². The summed E-state index contributed by atoms with van der Waals surface area (Å²) in [5.74, 6) is 3.99. The van der Waals surface area contributed by atoms with E-state index >= 15 is 0 Å². The Hall–Kier alpha value is -0.940. The molecule has 5 heteroatoms. The van der Waals surface area contributed by atoms with E-state index in [1.807, 2.05) is 7.11 Å². The average molecular weight is 318 g/mol. The van der Waals surface area contributed by atoms with Gasteiger partial charge in [-0.15, -0.1) is 10.2 Å². The summed E-state index contributed by atoms with van der Waals surface area (Å²) in [5.41, 5.74) is 0. The van der Waals surface area contributed by atoms with E-state index < -0.39 is 0 Å². The maximum atomic E-state index is 5.29. The maximum absolute atomic E-state index is 5.29. The first-order valence-electron chi connectivity index (χ1n) is 9.50. The maximum Gasteiger partial charge on any atom is 0.147 e. The van der Waals surface area contributed by atoms with E-state index in [1.165, 1.54) is 76.1 Å². The first kappa shape index (κ1) is 15.6. The number of ether oxygens (including phenoxy) is 1. The first-order valence-corrected chi connectivity index (χ1v) is 9.50. The Labute approximate surface area is 139 Å². The van der Waals surface area contributed by atoms with Gasteiger partial charge >= 0.3 is 0 Å². The normalized spacial score (nSPS) is 26.4. The molecule has 0 amide bonds. The van der Waals surface area contributed by atoms with Crippen molar-refractivity contribution < 1.29 is 4.74 Å². The van der Waals surface area contributed by atoms with Crippen LogP contribution in [0, 0.1) is 5.92 Å². The number of hydrogen-bond donors (Lipinski definition) is 0. The van der Waals surface area contributed by atoms with Gasteiger partial charge in [0.1, 0.15) is 11.6 Å². The summed E-state index contributed by atoms with van der Waals surface area (Å²) in [5, 5.41) is 9.16. The molecular weight excluding hydrogens is 288 g/mol. The van der Waals surface area contributed by atoms with E-state index in [0.717, 1.165) is 19.1 Å². The van der Waals surface area contributed by atoms with Crippen LogP contribution in [0.3, 0.4) is 0 Å². The highest BCUT2D eigenvalue weighted by Gasteiger charge is 2.36. The van der Waals surface area contributed by atoms with Gasteiger partial charge in [0, 0.05) is 32.2 Å². The van der Waals surface area contributed by atoms with Crippen molar-refractivity contribution in [1.29, 1.82) is 0 Å². The van der Waals surface area contributed by atoms with Gasteiger partial charge < -0.3 is 9.30 Å². The molecule has 0 radical (unpaired) electrons. The summed E-state index contributed by atoms with van der Waals surface area (Å²) in [6.45, 7) is 4.28. The standard InChI is InChI=1S/C18H30N4O/c1-23-11-9-14-4-2-3-10-21(12-14)13-17-19-20-18(15-5-6-15)22(17)16-7-8-16/h14-16H,2-13H2,1H3. The summed E-state index contributed by atoms with van der Waals surface area (Å²) in [6.07, 6.45) is 10.5. The van der Waals surface area contributed by atoms with Gasteiger partial charge in [-0.25, -0.2) is 0 Å². The minimum absolute atomic E-state index is 0.701. The lowest BCUT2D eigenvalue weighted by Gasteiger charge is -2.24. The number of methoxy groups -OCH3 is 1. The molecule has 0 N–H and O–H groups in total. The number of aromatic nitrogens is 3. The van der Waals surface area contributed by atoms with Crippen LogP contribution in [0.15, 0.2) is 0 Å². The molecule has 0 bridgehead atoms. The second kappa shape index (κ2) is 6.89. The molecule has 5 nitrogen and oxygen atoms in total. The predicted octanol–water partition coefficient (Wildman–Crippen LogP) is 3.13. The Bertz CT molecular complexity index is 521. The molecule has 1 atom stereocenters. The van der Waals surface area contributed by atoms with E-state index in [4.69, 9.17) is 4.74 Å². The molecule has 1 unspecified atom stereocenters. The minimum Gasteiger partial charge on any atom is -0.385 e. The fourth-order valence-electron chi connectivity index (χ4n) is 3.98. The molecule has 4 rings (SSSR count). The van der Waals surface area contributed by atoms with E-state index in [1.54, 1.807) is 0 Å². The van der Waals surface area contributed by atoms with Crippen LogP contribution in [-0.4, -0.2) is 46.5 Å². The highest BCUT2D eigenvalue weighted by atomic mass is 16.5. The Kier molecular flexibility index (Phi) is 4.67. The van der Waals surface area contributed by atoms with Gasteiger partial charge in [-0.3, -0.25) is 4.90 Å².